The molecule has 0 atom stereocenters. The van der Waals surface area contributed by atoms with Gasteiger partial charge in [0.1, 0.15) is 12.4 Å². The van der Waals surface area contributed by atoms with Crippen LogP contribution in [0.15, 0.2) is 77.4 Å². The van der Waals surface area contributed by atoms with Gasteiger partial charge >= 0.3 is 5.97 Å². The first-order valence-corrected chi connectivity index (χ1v) is 10.4. The van der Waals surface area contributed by atoms with Gasteiger partial charge in [0.2, 0.25) is 11.8 Å². The molecule has 0 saturated carbocycles. The normalized spacial score (nSPS) is 13.9. The third kappa shape index (κ3) is 5.29. The molecule has 8 heteroatoms. The Kier molecular flexibility index (Phi) is 6.68. The number of cyclic esters (lactones) is 1. The molecule has 1 heterocycles. The highest BCUT2D eigenvalue weighted by Gasteiger charge is 2.25. The summed E-state index contributed by atoms with van der Waals surface area (Å²) in [6.45, 7) is 1.60. The van der Waals surface area contributed by atoms with E-state index in [9.17, 15) is 14.0 Å². The lowest BCUT2D eigenvalue weighted by Gasteiger charge is -2.13. The highest BCUT2D eigenvalue weighted by molar-refractivity contribution is 6.13. The number of nitrogens with one attached hydrogen (secondary N) is 1. The molecule has 3 aromatic rings. The molecule has 1 aliphatic rings. The Bertz CT molecular complexity index is 1280. The van der Waals surface area contributed by atoms with Crippen molar-refractivity contribution in [3.8, 4) is 11.5 Å². The summed E-state index contributed by atoms with van der Waals surface area (Å²) >= 11 is 0. The van der Waals surface area contributed by atoms with Crippen molar-refractivity contribution < 1.29 is 28.2 Å². The molecule has 0 radical (unpaired) electrons. The van der Waals surface area contributed by atoms with Crippen molar-refractivity contribution in [2.24, 2.45) is 4.99 Å². The molecule has 4 rings (SSSR count). The summed E-state index contributed by atoms with van der Waals surface area (Å²) in [5.41, 5.74) is 2.65. The van der Waals surface area contributed by atoms with E-state index in [1.807, 2.05) is 0 Å². The van der Waals surface area contributed by atoms with E-state index in [1.165, 1.54) is 26.2 Å². The largest absolute Gasteiger partial charge is 0.493 e. The van der Waals surface area contributed by atoms with E-state index in [2.05, 4.69) is 10.3 Å². The molecule has 0 bridgehead atoms. The third-order valence-electron chi connectivity index (χ3n) is 4.89. The fraction of sp³-hybridized carbons (Fsp3) is 0.115. The number of esters is 1. The Hall–Kier alpha value is -4.46. The minimum absolute atomic E-state index is 0.0980. The zero-order chi connectivity index (χ0) is 24.1. The number of rotatable bonds is 7. The minimum Gasteiger partial charge on any atom is -0.493 e. The Morgan fingerprint density at radius 3 is 2.50 bits per heavy atom. The predicted molar refractivity (Wildman–Crippen MR) is 125 cm³/mol. The number of nitrogens with zero attached hydrogens (tertiary/aromatic N) is 1. The number of methoxy groups -OCH3 is 1. The lowest BCUT2D eigenvalue weighted by molar-refractivity contribution is -0.129. The van der Waals surface area contributed by atoms with E-state index in [0.717, 1.165) is 5.56 Å². The Morgan fingerprint density at radius 2 is 1.82 bits per heavy atom. The van der Waals surface area contributed by atoms with Crippen molar-refractivity contribution in [1.29, 1.82) is 0 Å². The fourth-order valence-corrected chi connectivity index (χ4v) is 3.28. The van der Waals surface area contributed by atoms with Crippen LogP contribution < -0.4 is 14.8 Å². The van der Waals surface area contributed by atoms with E-state index in [-0.39, 0.29) is 29.9 Å². The van der Waals surface area contributed by atoms with Gasteiger partial charge in [0.15, 0.2) is 17.2 Å². The van der Waals surface area contributed by atoms with Crippen molar-refractivity contribution in [2.45, 2.75) is 13.5 Å². The van der Waals surface area contributed by atoms with Crippen molar-refractivity contribution >= 4 is 29.5 Å². The van der Waals surface area contributed by atoms with Crippen LogP contribution in [0.5, 0.6) is 11.5 Å². The monoisotopic (exact) mass is 460 g/mol. The van der Waals surface area contributed by atoms with E-state index >= 15 is 0 Å². The summed E-state index contributed by atoms with van der Waals surface area (Å²) in [4.78, 5) is 28.0. The van der Waals surface area contributed by atoms with Gasteiger partial charge in [-0.05, 0) is 54.1 Å². The maximum atomic E-state index is 13.2. The first-order chi connectivity index (χ1) is 16.4. The summed E-state index contributed by atoms with van der Waals surface area (Å²) in [6, 6.07) is 18.0. The third-order valence-corrected chi connectivity index (χ3v) is 4.89. The van der Waals surface area contributed by atoms with Crippen LogP contribution in [0.2, 0.25) is 0 Å². The number of ether oxygens (including phenoxy) is 3. The van der Waals surface area contributed by atoms with Crippen LogP contribution in [0.3, 0.4) is 0 Å². The summed E-state index contributed by atoms with van der Waals surface area (Å²) < 4.78 is 29.9. The average Bonchev–Trinajstić information content (AvgIpc) is 3.19. The molecular weight excluding hydrogens is 439 g/mol. The standard InChI is InChI=1S/C26H21FN2O5/c1-16(30)28-21-12-8-18(9-13-21)25-29-22(26(31)34-25)14-19-4-3-5-23(32-2)24(19)33-15-17-6-10-20(27)11-7-17/h3-14H,15H2,1-2H3,(H,28,30)/b22-14-. The second-order valence-electron chi connectivity index (χ2n) is 7.39. The second kappa shape index (κ2) is 9.99. The molecule has 0 fully saturated rings. The van der Waals surface area contributed by atoms with Gasteiger partial charge in [-0.1, -0.05) is 24.3 Å². The number of anilines is 1. The first kappa shape index (κ1) is 22.7. The summed E-state index contributed by atoms with van der Waals surface area (Å²) in [7, 11) is 1.52. The zero-order valence-electron chi connectivity index (χ0n) is 18.5. The van der Waals surface area contributed by atoms with Crippen LogP contribution in [0, 0.1) is 5.82 Å². The highest BCUT2D eigenvalue weighted by atomic mass is 19.1. The van der Waals surface area contributed by atoms with Gasteiger partial charge < -0.3 is 19.5 Å². The van der Waals surface area contributed by atoms with Crippen LogP contribution in [0.25, 0.3) is 6.08 Å². The zero-order valence-corrected chi connectivity index (χ0v) is 18.5. The first-order valence-electron chi connectivity index (χ1n) is 10.4. The van der Waals surface area contributed by atoms with Crippen molar-refractivity contribution in [3.05, 3.63) is 94.9 Å². The van der Waals surface area contributed by atoms with Gasteiger partial charge in [-0.2, -0.15) is 0 Å². The number of para-hydroxylation sites is 1. The summed E-state index contributed by atoms with van der Waals surface area (Å²) in [6.07, 6.45) is 1.56. The quantitative estimate of drug-likeness (QED) is 0.407. The molecule has 0 aliphatic carbocycles. The van der Waals surface area contributed by atoms with Crippen LogP contribution in [-0.4, -0.2) is 24.9 Å². The van der Waals surface area contributed by atoms with Crippen molar-refractivity contribution in [3.63, 3.8) is 0 Å². The van der Waals surface area contributed by atoms with E-state index < -0.39 is 5.97 Å². The minimum atomic E-state index is -0.603. The molecular formula is C26H21FN2O5. The maximum Gasteiger partial charge on any atom is 0.363 e. The molecule has 0 unspecified atom stereocenters. The van der Waals surface area contributed by atoms with Gasteiger partial charge in [-0.15, -0.1) is 0 Å². The average molecular weight is 460 g/mol. The molecule has 0 saturated heterocycles. The summed E-state index contributed by atoms with van der Waals surface area (Å²) in [5.74, 6) is -0.0722. The Labute approximate surface area is 195 Å². The van der Waals surface area contributed by atoms with Crippen LogP contribution in [0.1, 0.15) is 23.6 Å². The second-order valence-corrected chi connectivity index (χ2v) is 7.39. The smallest absolute Gasteiger partial charge is 0.363 e. The number of benzene rings is 3. The SMILES string of the molecule is COc1cccc(/C=C2\N=C(c3ccc(NC(C)=O)cc3)OC2=O)c1OCc1ccc(F)cc1. The number of halogens is 1. The number of hydrogen-bond donors (Lipinski definition) is 1. The van der Waals surface area contributed by atoms with E-state index in [1.54, 1.807) is 60.7 Å². The maximum absolute atomic E-state index is 13.2. The molecule has 1 amide bonds. The van der Waals surface area contributed by atoms with Gasteiger partial charge in [-0.25, -0.2) is 14.2 Å². The van der Waals surface area contributed by atoms with Crippen molar-refractivity contribution in [1.82, 2.24) is 0 Å². The van der Waals surface area contributed by atoms with E-state index in [4.69, 9.17) is 14.2 Å². The molecule has 1 N–H and O–H groups in total. The molecule has 7 nitrogen and oxygen atoms in total. The van der Waals surface area contributed by atoms with Gasteiger partial charge in [0, 0.05) is 23.7 Å². The van der Waals surface area contributed by atoms with Crippen LogP contribution >= 0.6 is 0 Å². The molecule has 172 valence electrons. The number of aliphatic imine (C=N–C) groups is 1. The molecule has 1 aliphatic heterocycles. The molecule has 0 aromatic heterocycles. The van der Waals surface area contributed by atoms with Gasteiger partial charge in [-0.3, -0.25) is 4.79 Å². The number of hydrogen-bond acceptors (Lipinski definition) is 6. The fourth-order valence-electron chi connectivity index (χ4n) is 3.28. The van der Waals surface area contributed by atoms with Gasteiger partial charge in [0.05, 0.1) is 7.11 Å². The highest BCUT2D eigenvalue weighted by Crippen LogP contribution is 2.34. The number of carbonyl (C=O) groups excluding carboxylic acids is 2. The number of carbonyl (C=O) groups is 2. The predicted octanol–water partition coefficient (Wildman–Crippen LogP) is 4.72. The lowest BCUT2D eigenvalue weighted by Crippen LogP contribution is -2.07. The van der Waals surface area contributed by atoms with Crippen LogP contribution in [0.4, 0.5) is 10.1 Å². The Morgan fingerprint density at radius 1 is 1.09 bits per heavy atom. The molecule has 34 heavy (non-hydrogen) atoms. The number of amides is 1. The van der Waals surface area contributed by atoms with Crippen molar-refractivity contribution in [2.75, 3.05) is 12.4 Å². The van der Waals surface area contributed by atoms with E-state index in [0.29, 0.717) is 28.3 Å². The van der Waals surface area contributed by atoms with Crippen LogP contribution in [-0.2, 0) is 20.9 Å². The Balaban J connectivity index is 1.60. The molecule has 3 aromatic carbocycles. The van der Waals surface area contributed by atoms with Gasteiger partial charge in [0.25, 0.3) is 0 Å². The topological polar surface area (TPSA) is 86.2 Å². The lowest BCUT2D eigenvalue weighted by atomic mass is 10.1. The molecule has 0 spiro atoms. The summed E-state index contributed by atoms with van der Waals surface area (Å²) in [5, 5.41) is 2.67.